The maximum atomic E-state index is 12.3. The summed E-state index contributed by atoms with van der Waals surface area (Å²) in [6, 6.07) is 0. The van der Waals surface area contributed by atoms with Gasteiger partial charge in [-0.05, 0) is 52.9 Å². The summed E-state index contributed by atoms with van der Waals surface area (Å²) >= 11 is 0. The minimum Gasteiger partial charge on any atom is -0.365 e. The Balaban J connectivity index is 2.35. The Labute approximate surface area is 127 Å². The molecule has 1 aromatic rings. The van der Waals surface area contributed by atoms with Crippen molar-refractivity contribution in [3.63, 3.8) is 0 Å². The molecule has 0 spiro atoms. The lowest BCUT2D eigenvalue weighted by Crippen LogP contribution is -2.29. The van der Waals surface area contributed by atoms with Crippen molar-refractivity contribution >= 4 is 11.6 Å². The maximum absolute atomic E-state index is 12.3. The van der Waals surface area contributed by atoms with Crippen LogP contribution < -0.4 is 5.32 Å². The second-order valence-electron chi connectivity index (χ2n) is 6.93. The summed E-state index contributed by atoms with van der Waals surface area (Å²) in [4.78, 5) is 21.4. The highest BCUT2D eigenvalue weighted by atomic mass is 16.1. The first-order valence-electron chi connectivity index (χ1n) is 8.12. The van der Waals surface area contributed by atoms with E-state index in [1.807, 2.05) is 0 Å². The fourth-order valence-electron chi connectivity index (χ4n) is 2.63. The van der Waals surface area contributed by atoms with Crippen LogP contribution in [0.3, 0.4) is 0 Å². The summed E-state index contributed by atoms with van der Waals surface area (Å²) < 4.78 is 0. The number of hydrogen-bond donors (Lipinski definition) is 1. The number of carbonyl (C=O) groups excluding carboxylic acids is 1. The molecule has 0 amide bonds. The van der Waals surface area contributed by atoms with Gasteiger partial charge in [0.25, 0.3) is 0 Å². The van der Waals surface area contributed by atoms with E-state index >= 15 is 0 Å². The van der Waals surface area contributed by atoms with Crippen LogP contribution in [0.2, 0.25) is 0 Å². The number of aryl methyl sites for hydroxylation is 1. The van der Waals surface area contributed by atoms with Crippen LogP contribution in [0.15, 0.2) is 0 Å². The van der Waals surface area contributed by atoms with Crippen LogP contribution in [-0.4, -0.2) is 21.3 Å². The zero-order valence-corrected chi connectivity index (χ0v) is 13.8. The molecule has 1 heterocycles. The van der Waals surface area contributed by atoms with E-state index in [1.54, 1.807) is 0 Å². The number of Topliss-reactive ketones (excluding diaryl/α,β-unsaturated/α-hetero) is 1. The minimum atomic E-state index is -0.0662. The van der Waals surface area contributed by atoms with Gasteiger partial charge < -0.3 is 5.32 Å². The van der Waals surface area contributed by atoms with E-state index in [9.17, 15) is 4.79 Å². The van der Waals surface area contributed by atoms with Gasteiger partial charge in [-0.25, -0.2) is 9.97 Å². The summed E-state index contributed by atoms with van der Waals surface area (Å²) in [6.45, 7) is 8.43. The number of carbonyl (C=O) groups is 1. The molecule has 4 heteroatoms. The zero-order valence-electron chi connectivity index (χ0n) is 13.8. The monoisotopic (exact) mass is 289 g/mol. The van der Waals surface area contributed by atoms with Crippen molar-refractivity contribution in [2.24, 2.45) is 0 Å². The first-order chi connectivity index (χ1) is 9.90. The number of hydrogen-bond acceptors (Lipinski definition) is 4. The zero-order chi connectivity index (χ0) is 15.5. The van der Waals surface area contributed by atoms with E-state index in [4.69, 9.17) is 0 Å². The molecule has 0 unspecified atom stereocenters. The molecule has 1 aliphatic carbocycles. The molecule has 1 N–H and O–H groups in total. The lowest BCUT2D eigenvalue weighted by molar-refractivity contribution is 0.0969. The van der Waals surface area contributed by atoms with Crippen molar-refractivity contribution in [2.45, 2.75) is 78.2 Å². The molecule has 0 fully saturated rings. The van der Waals surface area contributed by atoms with Crippen LogP contribution in [0.4, 0.5) is 5.82 Å². The number of nitrogens with one attached hydrogen (secondary N) is 1. The van der Waals surface area contributed by atoms with Gasteiger partial charge >= 0.3 is 0 Å². The van der Waals surface area contributed by atoms with Gasteiger partial charge in [-0.1, -0.05) is 13.3 Å². The predicted molar refractivity (Wildman–Crippen MR) is 85.9 cm³/mol. The van der Waals surface area contributed by atoms with E-state index in [0.29, 0.717) is 12.2 Å². The fourth-order valence-corrected chi connectivity index (χ4v) is 2.63. The van der Waals surface area contributed by atoms with Crippen LogP contribution >= 0.6 is 0 Å². The van der Waals surface area contributed by atoms with Crippen LogP contribution in [0.1, 0.15) is 81.7 Å². The highest BCUT2D eigenvalue weighted by molar-refractivity contribution is 5.93. The third-order valence-corrected chi connectivity index (χ3v) is 3.68. The number of ketones is 1. The predicted octanol–water partition coefficient (Wildman–Crippen LogP) is 3.94. The Morgan fingerprint density at radius 3 is 2.57 bits per heavy atom. The van der Waals surface area contributed by atoms with Crippen molar-refractivity contribution < 1.29 is 4.79 Å². The normalized spacial score (nSPS) is 14.7. The minimum absolute atomic E-state index is 0.0662. The molecule has 0 aliphatic heterocycles. The van der Waals surface area contributed by atoms with E-state index in [1.165, 1.54) is 12.0 Å². The second-order valence-corrected chi connectivity index (χ2v) is 6.93. The average molecular weight is 289 g/mol. The molecule has 0 radical (unpaired) electrons. The van der Waals surface area contributed by atoms with Crippen molar-refractivity contribution in [3.8, 4) is 0 Å². The Morgan fingerprint density at radius 1 is 1.19 bits per heavy atom. The molecule has 0 atom stereocenters. The summed E-state index contributed by atoms with van der Waals surface area (Å²) in [7, 11) is 0. The molecular weight excluding hydrogens is 262 g/mol. The topological polar surface area (TPSA) is 54.9 Å². The Kier molecular flexibility index (Phi) is 4.96. The van der Waals surface area contributed by atoms with Crippen molar-refractivity contribution in [3.05, 3.63) is 17.1 Å². The lowest BCUT2D eigenvalue weighted by Gasteiger charge is -2.26. The Hall–Kier alpha value is -1.45. The molecule has 116 valence electrons. The molecule has 1 aromatic heterocycles. The van der Waals surface area contributed by atoms with Gasteiger partial charge in [0.05, 0.1) is 0 Å². The van der Waals surface area contributed by atoms with Crippen LogP contribution in [-0.2, 0) is 12.8 Å². The maximum Gasteiger partial charge on any atom is 0.200 e. The average Bonchev–Trinajstić information content (AvgIpc) is 2.43. The van der Waals surface area contributed by atoms with Crippen molar-refractivity contribution in [1.82, 2.24) is 9.97 Å². The summed E-state index contributed by atoms with van der Waals surface area (Å²) in [6.07, 6.45) is 6.77. The Bertz CT molecular complexity index is 518. The number of unbranched alkanes of at least 4 members (excludes halogenated alkanes) is 1. The van der Waals surface area contributed by atoms with Gasteiger partial charge in [0.1, 0.15) is 5.82 Å². The number of fused-ring (bicyclic) bond motifs is 1. The van der Waals surface area contributed by atoms with Crippen LogP contribution in [0.25, 0.3) is 0 Å². The highest BCUT2D eigenvalue weighted by Crippen LogP contribution is 2.27. The smallest absolute Gasteiger partial charge is 0.200 e. The first kappa shape index (κ1) is 15.9. The summed E-state index contributed by atoms with van der Waals surface area (Å²) in [5.74, 6) is 1.34. The van der Waals surface area contributed by atoms with Gasteiger partial charge in [0.15, 0.2) is 11.6 Å². The van der Waals surface area contributed by atoms with Gasteiger partial charge in [0, 0.05) is 23.2 Å². The first-order valence-corrected chi connectivity index (χ1v) is 8.12. The van der Waals surface area contributed by atoms with Crippen molar-refractivity contribution in [2.75, 3.05) is 5.32 Å². The van der Waals surface area contributed by atoms with E-state index < -0.39 is 0 Å². The molecule has 0 aromatic carbocycles. The SMILES string of the molecule is CCCCC(=O)c1nc2c(c(NC(C)(C)C)n1)CCCC2. The van der Waals surface area contributed by atoms with Gasteiger partial charge in [0.2, 0.25) is 0 Å². The van der Waals surface area contributed by atoms with Gasteiger partial charge in [-0.2, -0.15) is 0 Å². The molecule has 0 bridgehead atoms. The van der Waals surface area contributed by atoms with Crippen LogP contribution in [0.5, 0.6) is 0 Å². The standard InChI is InChI=1S/C17H27N3O/c1-5-6-11-14(21)16-18-13-10-8-7-9-12(13)15(19-16)20-17(2,3)4/h5-11H2,1-4H3,(H,18,19,20). The van der Waals surface area contributed by atoms with Gasteiger partial charge in [-0.15, -0.1) is 0 Å². The molecule has 1 aliphatic rings. The molecule has 2 rings (SSSR count). The number of aromatic nitrogens is 2. The summed E-state index contributed by atoms with van der Waals surface area (Å²) in [5.41, 5.74) is 2.22. The molecular formula is C17H27N3O. The summed E-state index contributed by atoms with van der Waals surface area (Å²) in [5, 5.41) is 3.46. The third kappa shape index (κ3) is 4.26. The highest BCUT2D eigenvalue weighted by Gasteiger charge is 2.22. The Morgan fingerprint density at radius 2 is 1.90 bits per heavy atom. The van der Waals surface area contributed by atoms with Gasteiger partial charge in [-0.3, -0.25) is 4.79 Å². The number of anilines is 1. The number of rotatable bonds is 5. The lowest BCUT2D eigenvalue weighted by atomic mass is 9.95. The quantitative estimate of drug-likeness (QED) is 0.834. The second kappa shape index (κ2) is 6.54. The molecule has 21 heavy (non-hydrogen) atoms. The van der Waals surface area contributed by atoms with Crippen molar-refractivity contribution in [1.29, 1.82) is 0 Å². The molecule has 0 saturated carbocycles. The molecule has 4 nitrogen and oxygen atoms in total. The molecule has 0 saturated heterocycles. The largest absolute Gasteiger partial charge is 0.365 e. The third-order valence-electron chi connectivity index (χ3n) is 3.68. The van der Waals surface area contributed by atoms with Crippen LogP contribution in [0, 0.1) is 0 Å². The van der Waals surface area contributed by atoms with E-state index in [0.717, 1.165) is 43.6 Å². The fraction of sp³-hybridized carbons (Fsp3) is 0.706. The van der Waals surface area contributed by atoms with E-state index in [2.05, 4.69) is 43.0 Å². The van der Waals surface area contributed by atoms with E-state index in [-0.39, 0.29) is 11.3 Å². The number of nitrogens with zero attached hydrogens (tertiary/aromatic N) is 2.